The molecule has 0 aliphatic carbocycles. The van der Waals surface area contributed by atoms with Gasteiger partial charge in [-0.1, -0.05) is 13.3 Å². The highest BCUT2D eigenvalue weighted by atomic mass is 19.4. The largest absolute Gasteiger partial charge is 0.433 e. The molecule has 1 aromatic rings. The predicted octanol–water partition coefficient (Wildman–Crippen LogP) is 1.81. The molecule has 1 aromatic heterocycles. The Morgan fingerprint density at radius 2 is 2.11 bits per heavy atom. The van der Waals surface area contributed by atoms with Gasteiger partial charge in [0.15, 0.2) is 0 Å². The van der Waals surface area contributed by atoms with E-state index in [4.69, 9.17) is 5.73 Å². The minimum Gasteiger partial charge on any atom is -0.337 e. The minimum absolute atomic E-state index is 0.0991. The van der Waals surface area contributed by atoms with Gasteiger partial charge in [-0.15, -0.1) is 0 Å². The van der Waals surface area contributed by atoms with E-state index in [0.717, 1.165) is 25.1 Å². The topological polar surface area (TPSA) is 55.0 Å². The Morgan fingerprint density at radius 3 is 2.67 bits per heavy atom. The Balaban J connectivity index is 2.08. The summed E-state index contributed by atoms with van der Waals surface area (Å²) in [4.78, 5) is 9.06. The maximum atomic E-state index is 12.5. The number of rotatable bonds is 3. The molecule has 1 aliphatic rings. The van der Waals surface area contributed by atoms with Crippen molar-refractivity contribution in [2.75, 3.05) is 18.0 Å². The average molecular weight is 260 g/mol. The number of nitrogens with zero attached hydrogens (tertiary/aromatic N) is 3. The summed E-state index contributed by atoms with van der Waals surface area (Å²) >= 11 is 0. The van der Waals surface area contributed by atoms with Crippen LogP contribution in [0.3, 0.4) is 0 Å². The molecule has 4 nitrogen and oxygen atoms in total. The van der Waals surface area contributed by atoms with Crippen molar-refractivity contribution in [3.8, 4) is 0 Å². The van der Waals surface area contributed by atoms with E-state index in [2.05, 4.69) is 9.97 Å². The van der Waals surface area contributed by atoms with Gasteiger partial charge >= 0.3 is 6.18 Å². The third-order valence-electron chi connectivity index (χ3n) is 2.98. The van der Waals surface area contributed by atoms with Gasteiger partial charge in [0.05, 0.1) is 5.54 Å². The average Bonchev–Trinajstić information content (AvgIpc) is 2.25. The zero-order valence-electron chi connectivity index (χ0n) is 10.0. The molecule has 2 rings (SSSR count). The predicted molar refractivity (Wildman–Crippen MR) is 61.1 cm³/mol. The summed E-state index contributed by atoms with van der Waals surface area (Å²) in [5, 5.41) is 0. The molecule has 7 heteroatoms. The summed E-state index contributed by atoms with van der Waals surface area (Å²) in [6.07, 6.45) is -1.51. The summed E-state index contributed by atoms with van der Waals surface area (Å²) in [5.41, 5.74) is 4.81. The summed E-state index contributed by atoms with van der Waals surface area (Å²) < 4.78 is 37.5. The van der Waals surface area contributed by atoms with Gasteiger partial charge in [-0.3, -0.25) is 0 Å². The molecular formula is C11H15F3N4. The number of anilines is 1. The van der Waals surface area contributed by atoms with Crippen LogP contribution in [0.4, 0.5) is 19.1 Å². The molecule has 0 amide bonds. The van der Waals surface area contributed by atoms with Crippen molar-refractivity contribution < 1.29 is 13.2 Å². The molecule has 1 fully saturated rings. The van der Waals surface area contributed by atoms with E-state index in [-0.39, 0.29) is 11.5 Å². The quantitative estimate of drug-likeness (QED) is 0.900. The van der Waals surface area contributed by atoms with Crippen LogP contribution >= 0.6 is 0 Å². The standard InChI is InChI=1S/C11H15F3N4/c1-2-4-10(15)6-18(7-10)9-16-5-3-8(17-9)11(12,13)14/h3,5H,2,4,6-7,15H2,1H3. The molecule has 2 heterocycles. The second kappa shape index (κ2) is 4.38. The first-order chi connectivity index (χ1) is 8.34. The van der Waals surface area contributed by atoms with Crippen LogP contribution in [-0.2, 0) is 6.18 Å². The van der Waals surface area contributed by atoms with E-state index in [1.165, 1.54) is 0 Å². The molecule has 18 heavy (non-hydrogen) atoms. The number of alkyl halides is 3. The fourth-order valence-electron chi connectivity index (χ4n) is 2.17. The molecule has 1 aliphatic heterocycles. The monoisotopic (exact) mass is 260 g/mol. The van der Waals surface area contributed by atoms with E-state index in [1.54, 1.807) is 4.90 Å². The lowest BCUT2D eigenvalue weighted by Crippen LogP contribution is -2.67. The third-order valence-corrected chi connectivity index (χ3v) is 2.98. The highest BCUT2D eigenvalue weighted by Crippen LogP contribution is 2.31. The van der Waals surface area contributed by atoms with Crippen LogP contribution in [0, 0.1) is 0 Å². The summed E-state index contributed by atoms with van der Waals surface area (Å²) in [7, 11) is 0. The SMILES string of the molecule is CCCC1(N)CN(c2nccc(C(F)(F)F)n2)C1. The minimum atomic E-state index is -4.44. The molecule has 0 radical (unpaired) electrons. The number of hydrogen-bond acceptors (Lipinski definition) is 4. The normalized spacial score (nSPS) is 18.6. The fourth-order valence-corrected chi connectivity index (χ4v) is 2.17. The Labute approximate surface area is 103 Å². The van der Waals surface area contributed by atoms with E-state index in [9.17, 15) is 13.2 Å². The molecule has 100 valence electrons. The zero-order valence-corrected chi connectivity index (χ0v) is 10.0. The lowest BCUT2D eigenvalue weighted by molar-refractivity contribution is -0.141. The van der Waals surface area contributed by atoms with Crippen LogP contribution in [0.2, 0.25) is 0 Å². The second-order valence-corrected chi connectivity index (χ2v) is 4.71. The van der Waals surface area contributed by atoms with Crippen molar-refractivity contribution in [2.45, 2.75) is 31.5 Å². The zero-order chi connectivity index (χ0) is 13.4. The molecule has 0 atom stereocenters. The van der Waals surface area contributed by atoms with Gasteiger partial charge < -0.3 is 10.6 Å². The van der Waals surface area contributed by atoms with Gasteiger partial charge in [0.25, 0.3) is 0 Å². The third kappa shape index (κ3) is 2.55. The highest BCUT2D eigenvalue weighted by Gasteiger charge is 2.41. The van der Waals surface area contributed by atoms with E-state index < -0.39 is 11.9 Å². The summed E-state index contributed by atoms with van der Waals surface area (Å²) in [6.45, 7) is 3.03. The molecule has 0 aromatic carbocycles. The number of hydrogen-bond donors (Lipinski definition) is 1. The van der Waals surface area contributed by atoms with Crippen LogP contribution in [0.5, 0.6) is 0 Å². The first kappa shape index (κ1) is 13.1. The van der Waals surface area contributed by atoms with Gasteiger partial charge in [-0.05, 0) is 12.5 Å². The van der Waals surface area contributed by atoms with Crippen LogP contribution in [0.1, 0.15) is 25.5 Å². The molecule has 0 spiro atoms. The van der Waals surface area contributed by atoms with Crippen molar-refractivity contribution in [3.63, 3.8) is 0 Å². The summed E-state index contributed by atoms with van der Waals surface area (Å²) in [6, 6.07) is 0.866. The highest BCUT2D eigenvalue weighted by molar-refractivity contribution is 5.38. The first-order valence-electron chi connectivity index (χ1n) is 5.78. The summed E-state index contributed by atoms with van der Waals surface area (Å²) in [5.74, 6) is 0.0991. The Hall–Kier alpha value is -1.37. The van der Waals surface area contributed by atoms with Crippen molar-refractivity contribution in [2.24, 2.45) is 5.73 Å². The van der Waals surface area contributed by atoms with Crippen LogP contribution in [0.25, 0.3) is 0 Å². The molecule has 0 saturated carbocycles. The Bertz CT molecular complexity index is 427. The number of halogens is 3. The van der Waals surface area contributed by atoms with Crippen molar-refractivity contribution in [1.29, 1.82) is 0 Å². The van der Waals surface area contributed by atoms with Gasteiger partial charge in [0.2, 0.25) is 5.95 Å². The molecular weight excluding hydrogens is 245 g/mol. The Morgan fingerprint density at radius 1 is 1.44 bits per heavy atom. The smallest absolute Gasteiger partial charge is 0.337 e. The lowest BCUT2D eigenvalue weighted by atomic mass is 9.87. The van der Waals surface area contributed by atoms with E-state index in [0.29, 0.717) is 13.1 Å². The van der Waals surface area contributed by atoms with Crippen molar-refractivity contribution in [1.82, 2.24) is 9.97 Å². The lowest BCUT2D eigenvalue weighted by Gasteiger charge is -2.47. The van der Waals surface area contributed by atoms with E-state index in [1.807, 2.05) is 6.92 Å². The van der Waals surface area contributed by atoms with Gasteiger partial charge in [0, 0.05) is 19.3 Å². The number of aromatic nitrogens is 2. The van der Waals surface area contributed by atoms with Gasteiger partial charge in [-0.2, -0.15) is 13.2 Å². The van der Waals surface area contributed by atoms with Crippen LogP contribution in [0.15, 0.2) is 12.3 Å². The molecule has 2 N–H and O–H groups in total. The second-order valence-electron chi connectivity index (χ2n) is 4.71. The maximum Gasteiger partial charge on any atom is 0.433 e. The van der Waals surface area contributed by atoms with Gasteiger partial charge in [-0.25, -0.2) is 9.97 Å². The van der Waals surface area contributed by atoms with Crippen LogP contribution in [-0.4, -0.2) is 28.6 Å². The van der Waals surface area contributed by atoms with Crippen molar-refractivity contribution in [3.05, 3.63) is 18.0 Å². The fraction of sp³-hybridized carbons (Fsp3) is 0.636. The maximum absolute atomic E-state index is 12.5. The Kier molecular flexibility index (Phi) is 3.18. The van der Waals surface area contributed by atoms with Gasteiger partial charge in [0.1, 0.15) is 5.69 Å². The van der Waals surface area contributed by atoms with Crippen molar-refractivity contribution >= 4 is 5.95 Å². The van der Waals surface area contributed by atoms with Crippen LogP contribution < -0.4 is 10.6 Å². The number of nitrogens with two attached hydrogens (primary N) is 1. The molecule has 0 bridgehead atoms. The molecule has 1 saturated heterocycles. The molecule has 0 unspecified atom stereocenters. The first-order valence-corrected chi connectivity index (χ1v) is 5.78. The van der Waals surface area contributed by atoms with E-state index >= 15 is 0 Å².